The molecule has 12 heteroatoms. The molecule has 0 radical (unpaired) electrons. The lowest BCUT2D eigenvalue weighted by molar-refractivity contribution is 0.139. The number of hydrogen-bond donors (Lipinski definition) is 2. The van der Waals surface area contributed by atoms with Crippen LogP contribution in [0, 0.1) is 23.3 Å². The van der Waals surface area contributed by atoms with Crippen molar-refractivity contribution >= 4 is 18.3 Å². The third kappa shape index (κ3) is 8.02. The fourth-order valence-corrected chi connectivity index (χ4v) is 3.46. The van der Waals surface area contributed by atoms with E-state index in [2.05, 4.69) is 15.4 Å². The van der Waals surface area contributed by atoms with Gasteiger partial charge in [-0.15, -0.1) is 0 Å². The lowest BCUT2D eigenvalue weighted by atomic mass is 10.0. The van der Waals surface area contributed by atoms with Crippen molar-refractivity contribution < 1.29 is 46.1 Å². The number of carbonyl (C=O) groups is 2. The standard InChI is InChI=1S/C12H13F2NO3.C12H11F2NO3.CH4/c2*1-2-17-12(16)15-9-4-7-3-8(13)5-10(14)11(7)18-6-9;/h3,5,9H,2,4,6H2,1H3,(H,15,16);3-5H,2,6H2,1H3,(H,15,16);1H4/t9-;;/m1../s1. The van der Waals surface area contributed by atoms with Crippen LogP contribution in [-0.4, -0.2) is 44.7 Å². The summed E-state index contributed by atoms with van der Waals surface area (Å²) in [6.45, 7) is 3.99. The molecule has 202 valence electrons. The number of nitrogens with one attached hydrogen (secondary N) is 2. The maximum atomic E-state index is 13.4. The van der Waals surface area contributed by atoms with Crippen molar-refractivity contribution in [2.45, 2.75) is 33.7 Å². The average molecular weight is 528 g/mol. The van der Waals surface area contributed by atoms with E-state index in [1.54, 1.807) is 13.8 Å². The molecule has 0 unspecified atom stereocenters. The van der Waals surface area contributed by atoms with Gasteiger partial charge in [0.15, 0.2) is 23.1 Å². The zero-order chi connectivity index (χ0) is 26.2. The minimum absolute atomic E-state index is 0. The van der Waals surface area contributed by atoms with Crippen LogP contribution in [0.4, 0.5) is 27.2 Å². The normalized spacial score (nSPS) is 15.0. The molecule has 8 nitrogen and oxygen atoms in total. The van der Waals surface area contributed by atoms with Crippen LogP contribution in [0.2, 0.25) is 0 Å². The highest BCUT2D eigenvalue weighted by molar-refractivity contribution is 5.73. The van der Waals surface area contributed by atoms with Gasteiger partial charge in [0, 0.05) is 23.3 Å². The first-order valence-corrected chi connectivity index (χ1v) is 11.0. The van der Waals surface area contributed by atoms with Gasteiger partial charge in [0.25, 0.3) is 0 Å². The average Bonchev–Trinajstić information content (AvgIpc) is 2.79. The third-order valence-electron chi connectivity index (χ3n) is 4.85. The maximum absolute atomic E-state index is 13.4. The summed E-state index contributed by atoms with van der Waals surface area (Å²) in [5.41, 5.74) is 1.03. The maximum Gasteiger partial charge on any atom is 0.411 e. The van der Waals surface area contributed by atoms with Gasteiger partial charge in [0.2, 0.25) is 0 Å². The van der Waals surface area contributed by atoms with E-state index in [0.717, 1.165) is 18.2 Å². The summed E-state index contributed by atoms with van der Waals surface area (Å²) < 4.78 is 72.5. The first-order valence-electron chi connectivity index (χ1n) is 11.0. The van der Waals surface area contributed by atoms with Gasteiger partial charge in [-0.1, -0.05) is 7.43 Å². The second-order valence-corrected chi connectivity index (χ2v) is 7.56. The van der Waals surface area contributed by atoms with E-state index in [4.69, 9.17) is 14.2 Å². The number of fused-ring (bicyclic) bond motifs is 2. The summed E-state index contributed by atoms with van der Waals surface area (Å²) in [7, 11) is 0. The SMILES string of the molecule is C.CCOC(=O)NC1=Cc2cc(F)cc(F)c2OC1.CCOC(=O)N[C@H]1COc2c(F)cc(F)cc2C1. The molecule has 37 heavy (non-hydrogen) atoms. The number of ether oxygens (including phenoxy) is 4. The van der Waals surface area contributed by atoms with E-state index < -0.39 is 35.5 Å². The highest BCUT2D eigenvalue weighted by atomic mass is 19.1. The molecular formula is C25H28F4N2O6. The molecule has 4 rings (SSSR count). The number of amides is 2. The largest absolute Gasteiger partial charge is 0.488 e. The van der Waals surface area contributed by atoms with Crippen molar-refractivity contribution in [2.75, 3.05) is 26.4 Å². The molecule has 0 saturated heterocycles. The zero-order valence-electron chi connectivity index (χ0n) is 19.5. The topological polar surface area (TPSA) is 95.1 Å². The van der Waals surface area contributed by atoms with E-state index in [-0.39, 0.29) is 57.0 Å². The molecule has 0 fully saturated rings. The van der Waals surface area contributed by atoms with Crippen LogP contribution in [-0.2, 0) is 15.9 Å². The van der Waals surface area contributed by atoms with E-state index in [1.165, 1.54) is 12.1 Å². The number of benzene rings is 2. The van der Waals surface area contributed by atoms with Crippen molar-refractivity contribution in [3.05, 3.63) is 64.4 Å². The molecule has 0 aliphatic carbocycles. The van der Waals surface area contributed by atoms with Crippen LogP contribution >= 0.6 is 0 Å². The van der Waals surface area contributed by atoms with Crippen LogP contribution in [0.3, 0.4) is 0 Å². The van der Waals surface area contributed by atoms with E-state index >= 15 is 0 Å². The Morgan fingerprint density at radius 3 is 2.22 bits per heavy atom. The highest BCUT2D eigenvalue weighted by Crippen LogP contribution is 2.30. The van der Waals surface area contributed by atoms with Gasteiger partial charge in [-0.3, -0.25) is 5.32 Å². The molecule has 1 atom stereocenters. The quantitative estimate of drug-likeness (QED) is 0.537. The number of halogens is 4. The van der Waals surface area contributed by atoms with Crippen molar-refractivity contribution in [2.24, 2.45) is 0 Å². The number of hydrogen-bond acceptors (Lipinski definition) is 6. The van der Waals surface area contributed by atoms with Crippen molar-refractivity contribution in [1.29, 1.82) is 0 Å². The van der Waals surface area contributed by atoms with Gasteiger partial charge in [0.05, 0.1) is 25.0 Å². The van der Waals surface area contributed by atoms with Gasteiger partial charge in [0.1, 0.15) is 24.8 Å². The second-order valence-electron chi connectivity index (χ2n) is 7.56. The molecule has 2 aliphatic rings. The van der Waals surface area contributed by atoms with Crippen molar-refractivity contribution in [3.63, 3.8) is 0 Å². The van der Waals surface area contributed by atoms with Crippen molar-refractivity contribution in [3.8, 4) is 11.5 Å². The second kappa shape index (κ2) is 13.4. The lowest BCUT2D eigenvalue weighted by Gasteiger charge is -2.26. The van der Waals surface area contributed by atoms with E-state index in [1.807, 2.05) is 0 Å². The lowest BCUT2D eigenvalue weighted by Crippen LogP contribution is -2.43. The molecule has 2 aromatic carbocycles. The first-order chi connectivity index (χ1) is 17.2. The molecule has 2 aromatic rings. The molecule has 0 saturated carbocycles. The molecular weight excluding hydrogens is 500 g/mol. The van der Waals surface area contributed by atoms with Crippen LogP contribution in [0.1, 0.15) is 32.4 Å². The Balaban J connectivity index is 0.000000253. The number of rotatable bonds is 4. The molecule has 0 spiro atoms. The fourth-order valence-electron chi connectivity index (χ4n) is 3.46. The minimum Gasteiger partial charge on any atom is -0.488 e. The van der Waals surface area contributed by atoms with Crippen LogP contribution in [0.15, 0.2) is 30.0 Å². The zero-order valence-corrected chi connectivity index (χ0v) is 19.5. The predicted octanol–water partition coefficient (Wildman–Crippen LogP) is 5.09. The van der Waals surface area contributed by atoms with E-state index in [0.29, 0.717) is 17.7 Å². The summed E-state index contributed by atoms with van der Waals surface area (Å²) in [5, 5.41) is 5.00. The molecule has 2 amide bonds. The summed E-state index contributed by atoms with van der Waals surface area (Å²) in [6, 6.07) is 3.51. The van der Waals surface area contributed by atoms with E-state index in [9.17, 15) is 27.2 Å². The van der Waals surface area contributed by atoms with Gasteiger partial charge in [-0.25, -0.2) is 27.2 Å². The Bertz CT molecular complexity index is 1160. The van der Waals surface area contributed by atoms with Gasteiger partial charge >= 0.3 is 12.2 Å². The van der Waals surface area contributed by atoms with Gasteiger partial charge in [-0.05, 0) is 38.5 Å². The Hall–Kier alpha value is -3.96. The molecule has 2 aliphatic heterocycles. The number of alkyl carbamates (subject to hydrolysis) is 2. The number of carbonyl (C=O) groups excluding carboxylic acids is 2. The molecule has 2 N–H and O–H groups in total. The van der Waals surface area contributed by atoms with Crippen LogP contribution in [0.5, 0.6) is 11.5 Å². The summed E-state index contributed by atoms with van der Waals surface area (Å²) in [6.07, 6.45) is 0.559. The predicted molar refractivity (Wildman–Crippen MR) is 126 cm³/mol. The minimum atomic E-state index is -0.767. The van der Waals surface area contributed by atoms with Gasteiger partial charge < -0.3 is 24.3 Å². The Kier molecular flexibility index (Phi) is 10.6. The van der Waals surface area contributed by atoms with Crippen LogP contribution in [0.25, 0.3) is 6.08 Å². The van der Waals surface area contributed by atoms with Gasteiger partial charge in [-0.2, -0.15) is 0 Å². The highest BCUT2D eigenvalue weighted by Gasteiger charge is 2.25. The Labute approximate surface area is 211 Å². The summed E-state index contributed by atoms with van der Waals surface area (Å²) >= 11 is 0. The Morgan fingerprint density at radius 1 is 0.919 bits per heavy atom. The van der Waals surface area contributed by atoms with Crippen molar-refractivity contribution in [1.82, 2.24) is 10.6 Å². The monoisotopic (exact) mass is 528 g/mol. The molecule has 0 aromatic heterocycles. The summed E-state index contributed by atoms with van der Waals surface area (Å²) in [5.74, 6) is -2.82. The third-order valence-corrected chi connectivity index (χ3v) is 4.85. The van der Waals surface area contributed by atoms with Crippen LogP contribution < -0.4 is 20.1 Å². The molecule has 0 bridgehead atoms. The summed E-state index contributed by atoms with van der Waals surface area (Å²) in [4.78, 5) is 22.4. The fraction of sp³-hybridized carbons (Fsp3) is 0.360. The molecule has 2 heterocycles. The smallest absolute Gasteiger partial charge is 0.411 e. The Morgan fingerprint density at radius 2 is 1.54 bits per heavy atom. The first kappa shape index (κ1) is 29.3.